The summed E-state index contributed by atoms with van der Waals surface area (Å²) in [5.74, 6) is 0. The Bertz CT molecular complexity index is 331. The summed E-state index contributed by atoms with van der Waals surface area (Å²) in [5, 5.41) is 0.0748. The first-order valence-electron chi connectivity index (χ1n) is 5.20. The molecule has 0 radical (unpaired) electrons. The standard InChI is InChI=1S/C12H14ClF3/c1-9(13)4-2-5-10-6-3-7-11(8-10)12(14,15)16/h3,6-9H,2,4-5H2,1H3. The highest BCUT2D eigenvalue weighted by Gasteiger charge is 2.30. The Balaban J connectivity index is 2.61. The van der Waals surface area contributed by atoms with Crippen molar-refractivity contribution >= 4 is 11.6 Å². The fourth-order valence-corrected chi connectivity index (χ4v) is 1.64. The first-order chi connectivity index (χ1) is 7.39. The van der Waals surface area contributed by atoms with Crippen molar-refractivity contribution in [1.82, 2.24) is 0 Å². The van der Waals surface area contributed by atoms with E-state index in [9.17, 15) is 13.2 Å². The van der Waals surface area contributed by atoms with Crippen LogP contribution < -0.4 is 0 Å². The van der Waals surface area contributed by atoms with Crippen LogP contribution in [0, 0.1) is 0 Å². The van der Waals surface area contributed by atoms with Crippen molar-refractivity contribution in [3.63, 3.8) is 0 Å². The van der Waals surface area contributed by atoms with Gasteiger partial charge < -0.3 is 0 Å². The molecule has 1 aromatic carbocycles. The highest BCUT2D eigenvalue weighted by Crippen LogP contribution is 2.29. The molecule has 1 unspecified atom stereocenters. The summed E-state index contributed by atoms with van der Waals surface area (Å²) in [4.78, 5) is 0. The van der Waals surface area contributed by atoms with Crippen molar-refractivity contribution in [2.75, 3.05) is 0 Å². The maximum atomic E-state index is 12.4. The molecule has 0 N–H and O–H groups in total. The summed E-state index contributed by atoms with van der Waals surface area (Å²) in [5.41, 5.74) is 0.135. The molecule has 0 nitrogen and oxygen atoms in total. The molecular formula is C12H14ClF3. The number of halogens is 4. The molecular weight excluding hydrogens is 237 g/mol. The Kier molecular flexibility index (Phi) is 4.66. The summed E-state index contributed by atoms with van der Waals surface area (Å²) in [6.45, 7) is 1.88. The van der Waals surface area contributed by atoms with Gasteiger partial charge in [0.25, 0.3) is 0 Å². The van der Waals surface area contributed by atoms with E-state index >= 15 is 0 Å². The average molecular weight is 251 g/mol. The number of alkyl halides is 4. The van der Waals surface area contributed by atoms with E-state index in [1.54, 1.807) is 6.07 Å². The fraction of sp³-hybridized carbons (Fsp3) is 0.500. The number of hydrogen-bond donors (Lipinski definition) is 0. The van der Waals surface area contributed by atoms with E-state index < -0.39 is 11.7 Å². The van der Waals surface area contributed by atoms with Crippen LogP contribution in [-0.4, -0.2) is 5.38 Å². The van der Waals surface area contributed by atoms with Gasteiger partial charge in [-0.2, -0.15) is 13.2 Å². The second-order valence-corrected chi connectivity index (χ2v) is 4.62. The van der Waals surface area contributed by atoms with Crippen LogP contribution in [0.2, 0.25) is 0 Å². The third-order valence-corrected chi connectivity index (χ3v) is 2.54. The second kappa shape index (κ2) is 5.58. The molecule has 0 aliphatic carbocycles. The molecule has 0 aliphatic heterocycles. The second-order valence-electron chi connectivity index (χ2n) is 3.87. The van der Waals surface area contributed by atoms with E-state index in [-0.39, 0.29) is 5.38 Å². The van der Waals surface area contributed by atoms with Crippen LogP contribution in [0.3, 0.4) is 0 Å². The molecule has 0 saturated heterocycles. The molecule has 0 bridgehead atoms. The van der Waals surface area contributed by atoms with Crippen LogP contribution in [0.15, 0.2) is 24.3 Å². The number of rotatable bonds is 4. The molecule has 0 spiro atoms. The lowest BCUT2D eigenvalue weighted by Crippen LogP contribution is -2.05. The van der Waals surface area contributed by atoms with Gasteiger partial charge in [0.2, 0.25) is 0 Å². The van der Waals surface area contributed by atoms with Crippen molar-refractivity contribution in [1.29, 1.82) is 0 Å². The van der Waals surface area contributed by atoms with Crippen LogP contribution in [0.5, 0.6) is 0 Å². The Morgan fingerprint density at radius 2 is 2.00 bits per heavy atom. The zero-order valence-electron chi connectivity index (χ0n) is 9.02. The molecule has 0 fully saturated rings. The van der Waals surface area contributed by atoms with Gasteiger partial charge in [0, 0.05) is 5.38 Å². The van der Waals surface area contributed by atoms with E-state index in [0.29, 0.717) is 12.0 Å². The largest absolute Gasteiger partial charge is 0.416 e. The van der Waals surface area contributed by atoms with Gasteiger partial charge in [-0.15, -0.1) is 11.6 Å². The van der Waals surface area contributed by atoms with Crippen molar-refractivity contribution in [3.8, 4) is 0 Å². The van der Waals surface area contributed by atoms with Gasteiger partial charge in [-0.25, -0.2) is 0 Å². The van der Waals surface area contributed by atoms with Gasteiger partial charge in [-0.3, -0.25) is 0 Å². The number of aryl methyl sites for hydroxylation is 1. The monoisotopic (exact) mass is 250 g/mol. The van der Waals surface area contributed by atoms with Crippen LogP contribution in [0.25, 0.3) is 0 Å². The Labute approximate surface area is 98.4 Å². The quantitative estimate of drug-likeness (QED) is 0.682. The lowest BCUT2D eigenvalue weighted by molar-refractivity contribution is -0.137. The third kappa shape index (κ3) is 4.44. The van der Waals surface area contributed by atoms with Crippen molar-refractivity contribution in [2.24, 2.45) is 0 Å². The minimum Gasteiger partial charge on any atom is -0.166 e. The normalized spacial score (nSPS) is 13.8. The van der Waals surface area contributed by atoms with E-state index in [4.69, 9.17) is 11.6 Å². The third-order valence-electron chi connectivity index (χ3n) is 2.32. The van der Waals surface area contributed by atoms with Gasteiger partial charge in [0.1, 0.15) is 0 Å². The summed E-state index contributed by atoms with van der Waals surface area (Å²) in [6.07, 6.45) is -1.99. The maximum absolute atomic E-state index is 12.4. The number of hydrogen-bond acceptors (Lipinski definition) is 0. The lowest BCUT2D eigenvalue weighted by Gasteiger charge is -2.09. The van der Waals surface area contributed by atoms with Crippen molar-refractivity contribution in [2.45, 2.75) is 37.7 Å². The zero-order chi connectivity index (χ0) is 12.2. The van der Waals surface area contributed by atoms with Crippen LogP contribution in [-0.2, 0) is 12.6 Å². The molecule has 1 rings (SSSR count). The highest BCUT2D eigenvalue weighted by molar-refractivity contribution is 6.20. The molecule has 0 amide bonds. The Hall–Kier alpha value is -0.700. The molecule has 1 aromatic rings. The summed E-state index contributed by atoms with van der Waals surface area (Å²) in [7, 11) is 0. The minimum atomic E-state index is -4.25. The smallest absolute Gasteiger partial charge is 0.166 e. The van der Waals surface area contributed by atoms with E-state index in [2.05, 4.69) is 0 Å². The van der Waals surface area contributed by atoms with E-state index in [1.165, 1.54) is 12.1 Å². The first kappa shape index (κ1) is 13.4. The zero-order valence-corrected chi connectivity index (χ0v) is 9.78. The van der Waals surface area contributed by atoms with Crippen molar-refractivity contribution < 1.29 is 13.2 Å². The summed E-state index contributed by atoms with van der Waals surface area (Å²) < 4.78 is 37.2. The van der Waals surface area contributed by atoms with Crippen LogP contribution in [0.1, 0.15) is 30.9 Å². The van der Waals surface area contributed by atoms with Gasteiger partial charge in [-0.1, -0.05) is 18.2 Å². The minimum absolute atomic E-state index is 0.0748. The lowest BCUT2D eigenvalue weighted by atomic mass is 10.0. The van der Waals surface area contributed by atoms with Crippen LogP contribution in [0.4, 0.5) is 13.2 Å². The van der Waals surface area contributed by atoms with Gasteiger partial charge in [0.15, 0.2) is 0 Å². The highest BCUT2D eigenvalue weighted by atomic mass is 35.5. The van der Waals surface area contributed by atoms with Gasteiger partial charge in [-0.05, 0) is 37.8 Å². The summed E-state index contributed by atoms with van der Waals surface area (Å²) >= 11 is 5.77. The molecule has 16 heavy (non-hydrogen) atoms. The van der Waals surface area contributed by atoms with E-state index in [0.717, 1.165) is 18.9 Å². The average Bonchev–Trinajstić information content (AvgIpc) is 2.16. The molecule has 1 atom stereocenters. The van der Waals surface area contributed by atoms with Gasteiger partial charge in [0.05, 0.1) is 5.56 Å². The molecule has 0 aromatic heterocycles. The van der Waals surface area contributed by atoms with Crippen LogP contribution >= 0.6 is 11.6 Å². The van der Waals surface area contributed by atoms with Gasteiger partial charge >= 0.3 is 6.18 Å². The molecule has 4 heteroatoms. The Morgan fingerprint density at radius 3 is 2.56 bits per heavy atom. The maximum Gasteiger partial charge on any atom is 0.416 e. The molecule has 0 saturated carbocycles. The fourth-order valence-electron chi connectivity index (χ4n) is 1.49. The predicted octanol–water partition coefficient (Wildman–Crippen LogP) is 4.66. The molecule has 0 heterocycles. The first-order valence-corrected chi connectivity index (χ1v) is 5.63. The topological polar surface area (TPSA) is 0 Å². The van der Waals surface area contributed by atoms with E-state index in [1.807, 2.05) is 6.92 Å². The SMILES string of the molecule is CC(Cl)CCCc1cccc(C(F)(F)F)c1. The Morgan fingerprint density at radius 1 is 1.31 bits per heavy atom. The van der Waals surface area contributed by atoms with Crippen molar-refractivity contribution in [3.05, 3.63) is 35.4 Å². The molecule has 0 aliphatic rings. The molecule has 90 valence electrons. The predicted molar refractivity (Wildman–Crippen MR) is 59.7 cm³/mol. The summed E-state index contributed by atoms with van der Waals surface area (Å²) in [6, 6.07) is 5.46. The number of benzene rings is 1.